The van der Waals surface area contributed by atoms with Crippen molar-refractivity contribution in [3.63, 3.8) is 0 Å². The highest BCUT2D eigenvalue weighted by molar-refractivity contribution is 6.46. The van der Waals surface area contributed by atoms with Crippen molar-refractivity contribution in [2.75, 3.05) is 0 Å². The Bertz CT molecular complexity index is 237. The molecule has 10 heavy (non-hydrogen) atoms. The van der Waals surface area contributed by atoms with E-state index in [0.717, 1.165) is 16.0 Å². The summed E-state index contributed by atoms with van der Waals surface area (Å²) < 4.78 is 0. The SMILES string of the molecule is Cc1cc(Cl)ccc1BO. The minimum absolute atomic E-state index is 0.0863. The van der Waals surface area contributed by atoms with Crippen LogP contribution in [0.25, 0.3) is 0 Å². The molecule has 1 N–H and O–H groups in total. The number of hydrogen-bond donors (Lipinski definition) is 1. The second-order valence-electron chi connectivity index (χ2n) is 2.23. The molecule has 0 saturated carbocycles. The first-order valence-corrected chi connectivity index (χ1v) is 3.47. The van der Waals surface area contributed by atoms with Crippen LogP contribution in [0, 0.1) is 6.92 Å². The topological polar surface area (TPSA) is 20.2 Å². The molecular weight excluding hydrogens is 146 g/mol. The van der Waals surface area contributed by atoms with Gasteiger partial charge in [0.2, 0.25) is 0 Å². The fourth-order valence-electron chi connectivity index (χ4n) is 0.837. The highest BCUT2D eigenvalue weighted by Crippen LogP contribution is 2.07. The van der Waals surface area contributed by atoms with Gasteiger partial charge in [-0.3, -0.25) is 0 Å². The van der Waals surface area contributed by atoms with Crippen molar-refractivity contribution in [1.29, 1.82) is 0 Å². The van der Waals surface area contributed by atoms with Gasteiger partial charge >= 0.3 is 7.48 Å². The van der Waals surface area contributed by atoms with Crippen molar-refractivity contribution < 1.29 is 5.02 Å². The van der Waals surface area contributed by atoms with E-state index in [4.69, 9.17) is 16.6 Å². The first-order valence-electron chi connectivity index (χ1n) is 3.10. The number of rotatable bonds is 1. The van der Waals surface area contributed by atoms with E-state index < -0.39 is 0 Å². The number of benzene rings is 1. The van der Waals surface area contributed by atoms with Gasteiger partial charge < -0.3 is 5.02 Å². The smallest absolute Gasteiger partial charge is 0.305 e. The van der Waals surface area contributed by atoms with Crippen LogP contribution in [-0.2, 0) is 0 Å². The van der Waals surface area contributed by atoms with Gasteiger partial charge in [0.1, 0.15) is 0 Å². The van der Waals surface area contributed by atoms with Crippen LogP contribution in [0.5, 0.6) is 0 Å². The molecule has 0 spiro atoms. The van der Waals surface area contributed by atoms with E-state index in [2.05, 4.69) is 0 Å². The van der Waals surface area contributed by atoms with Gasteiger partial charge in [-0.2, -0.15) is 0 Å². The summed E-state index contributed by atoms with van der Waals surface area (Å²) in [6.45, 7) is 1.93. The molecule has 0 radical (unpaired) electrons. The molecule has 0 aliphatic carbocycles. The van der Waals surface area contributed by atoms with Crippen molar-refractivity contribution in [2.45, 2.75) is 6.92 Å². The van der Waals surface area contributed by atoms with Crippen LogP contribution in [0.4, 0.5) is 0 Å². The standard InChI is InChI=1S/C7H8BClO/c1-5-4-6(9)2-3-7(5)8-10/h2-4,8,10H,1H3. The largest absolute Gasteiger partial charge is 0.449 e. The van der Waals surface area contributed by atoms with Gasteiger partial charge in [-0.05, 0) is 24.5 Å². The summed E-state index contributed by atoms with van der Waals surface area (Å²) in [6.07, 6.45) is 0. The molecule has 0 heterocycles. The third-order valence-corrected chi connectivity index (χ3v) is 1.71. The molecule has 0 bridgehead atoms. The summed E-state index contributed by atoms with van der Waals surface area (Å²) in [7, 11) is 0.0863. The summed E-state index contributed by atoms with van der Waals surface area (Å²) in [4.78, 5) is 0. The van der Waals surface area contributed by atoms with E-state index in [1.54, 1.807) is 6.07 Å². The lowest BCUT2D eigenvalue weighted by Gasteiger charge is -1.99. The second-order valence-corrected chi connectivity index (χ2v) is 2.67. The Balaban J connectivity index is 3.07. The molecule has 0 amide bonds. The third-order valence-electron chi connectivity index (χ3n) is 1.47. The Hall–Kier alpha value is -0.465. The minimum Gasteiger partial charge on any atom is -0.449 e. The molecule has 0 aliphatic heterocycles. The quantitative estimate of drug-likeness (QED) is 0.588. The molecule has 1 aromatic rings. The summed E-state index contributed by atoms with van der Waals surface area (Å²) in [6, 6.07) is 5.45. The Morgan fingerprint density at radius 3 is 2.70 bits per heavy atom. The second kappa shape index (κ2) is 3.08. The highest BCUT2D eigenvalue weighted by atomic mass is 35.5. The summed E-state index contributed by atoms with van der Waals surface area (Å²) >= 11 is 5.69. The molecule has 1 aromatic carbocycles. The Kier molecular flexibility index (Phi) is 2.36. The van der Waals surface area contributed by atoms with E-state index in [-0.39, 0.29) is 7.48 Å². The average Bonchev–Trinajstić information content (AvgIpc) is 1.88. The van der Waals surface area contributed by atoms with E-state index in [0.29, 0.717) is 0 Å². The van der Waals surface area contributed by atoms with Gasteiger partial charge in [0.15, 0.2) is 0 Å². The van der Waals surface area contributed by atoms with E-state index in [1.807, 2.05) is 19.1 Å². The van der Waals surface area contributed by atoms with Gasteiger partial charge in [-0.15, -0.1) is 0 Å². The fraction of sp³-hybridized carbons (Fsp3) is 0.143. The van der Waals surface area contributed by atoms with E-state index >= 15 is 0 Å². The van der Waals surface area contributed by atoms with Crippen LogP contribution in [0.15, 0.2) is 18.2 Å². The maximum absolute atomic E-state index is 8.77. The maximum Gasteiger partial charge on any atom is 0.305 e. The highest BCUT2D eigenvalue weighted by Gasteiger charge is 1.97. The monoisotopic (exact) mass is 154 g/mol. The summed E-state index contributed by atoms with van der Waals surface area (Å²) in [5.74, 6) is 0. The zero-order valence-electron chi connectivity index (χ0n) is 5.76. The molecule has 0 aromatic heterocycles. The molecule has 0 atom stereocenters. The van der Waals surface area contributed by atoms with Crippen molar-refractivity contribution in [1.82, 2.24) is 0 Å². The minimum atomic E-state index is 0.0863. The van der Waals surface area contributed by atoms with Gasteiger partial charge in [-0.1, -0.05) is 23.2 Å². The molecule has 0 unspecified atom stereocenters. The molecular formula is C7H8BClO. The van der Waals surface area contributed by atoms with Gasteiger partial charge in [-0.25, -0.2) is 0 Å². The van der Waals surface area contributed by atoms with Crippen molar-refractivity contribution >= 4 is 24.5 Å². The summed E-state index contributed by atoms with van der Waals surface area (Å²) in [5, 5.41) is 9.48. The van der Waals surface area contributed by atoms with Crippen molar-refractivity contribution in [2.24, 2.45) is 0 Å². The predicted octanol–water partition coefficient (Wildman–Crippen LogP) is 0.618. The van der Waals surface area contributed by atoms with Crippen LogP contribution in [0.3, 0.4) is 0 Å². The summed E-state index contributed by atoms with van der Waals surface area (Å²) in [5.41, 5.74) is 1.97. The Labute approximate surface area is 65.9 Å². The first-order chi connectivity index (χ1) is 4.74. The lowest BCUT2D eigenvalue weighted by atomic mass is 9.85. The van der Waals surface area contributed by atoms with Crippen LogP contribution >= 0.6 is 11.6 Å². The Morgan fingerprint density at radius 1 is 1.50 bits per heavy atom. The van der Waals surface area contributed by atoms with Crippen LogP contribution < -0.4 is 5.46 Å². The molecule has 1 nitrogen and oxygen atoms in total. The average molecular weight is 154 g/mol. The number of halogens is 1. The van der Waals surface area contributed by atoms with E-state index in [9.17, 15) is 0 Å². The fourth-order valence-corrected chi connectivity index (χ4v) is 1.06. The van der Waals surface area contributed by atoms with E-state index in [1.165, 1.54) is 0 Å². The number of hydrogen-bond acceptors (Lipinski definition) is 1. The molecule has 0 saturated heterocycles. The molecule has 52 valence electrons. The zero-order chi connectivity index (χ0) is 7.56. The number of aryl methyl sites for hydroxylation is 1. The zero-order valence-corrected chi connectivity index (χ0v) is 6.52. The lowest BCUT2D eigenvalue weighted by Crippen LogP contribution is -2.16. The molecule has 3 heteroatoms. The van der Waals surface area contributed by atoms with Gasteiger partial charge in [0.25, 0.3) is 0 Å². The van der Waals surface area contributed by atoms with Gasteiger partial charge in [0.05, 0.1) is 0 Å². The predicted molar refractivity (Wildman–Crippen MR) is 45.2 cm³/mol. The molecule has 0 fully saturated rings. The van der Waals surface area contributed by atoms with Crippen molar-refractivity contribution in [3.05, 3.63) is 28.8 Å². The van der Waals surface area contributed by atoms with Crippen LogP contribution in [-0.4, -0.2) is 12.5 Å². The third kappa shape index (κ3) is 1.52. The molecule has 1 rings (SSSR count). The lowest BCUT2D eigenvalue weighted by molar-refractivity contribution is 0.615. The first kappa shape index (κ1) is 7.64. The Morgan fingerprint density at radius 2 is 2.20 bits per heavy atom. The maximum atomic E-state index is 8.77. The van der Waals surface area contributed by atoms with Crippen LogP contribution in [0.2, 0.25) is 5.02 Å². The molecule has 0 aliphatic rings. The normalized spacial score (nSPS) is 9.50. The van der Waals surface area contributed by atoms with Gasteiger partial charge in [0, 0.05) is 5.02 Å². The van der Waals surface area contributed by atoms with Crippen LogP contribution in [0.1, 0.15) is 5.56 Å². The van der Waals surface area contributed by atoms with Crippen molar-refractivity contribution in [3.8, 4) is 0 Å².